The van der Waals surface area contributed by atoms with Crippen molar-refractivity contribution < 1.29 is 14.7 Å². The van der Waals surface area contributed by atoms with E-state index < -0.39 is 5.97 Å². The fourth-order valence-corrected chi connectivity index (χ4v) is 4.06. The van der Waals surface area contributed by atoms with Crippen LogP contribution in [0.4, 0.5) is 0 Å². The van der Waals surface area contributed by atoms with Gasteiger partial charge in [0, 0.05) is 24.4 Å². The maximum Gasteiger partial charge on any atom is 0.354 e. The van der Waals surface area contributed by atoms with Crippen LogP contribution in [0.15, 0.2) is 23.6 Å². The van der Waals surface area contributed by atoms with Crippen LogP contribution in [0.25, 0.3) is 0 Å². The molecule has 1 amide bonds. The number of amides is 1. The van der Waals surface area contributed by atoms with E-state index in [1.807, 2.05) is 0 Å². The number of aromatic carboxylic acids is 1. The van der Waals surface area contributed by atoms with Crippen molar-refractivity contribution in [3.05, 3.63) is 45.7 Å². The molecule has 1 unspecified atom stereocenters. The molecule has 1 N–H and O–H groups in total. The molecule has 3 rings (SSSR count). The van der Waals surface area contributed by atoms with Gasteiger partial charge in [-0.25, -0.2) is 14.8 Å². The molecule has 1 aliphatic heterocycles. The SMILES string of the molecule is CC(C)c1csc(C2CCCN(C(=O)c3cccc(C(=O)O)n3)C2)n1. The highest BCUT2D eigenvalue weighted by molar-refractivity contribution is 7.09. The summed E-state index contributed by atoms with van der Waals surface area (Å²) >= 11 is 1.66. The van der Waals surface area contributed by atoms with Gasteiger partial charge in [0.25, 0.3) is 5.91 Å². The lowest BCUT2D eigenvalue weighted by molar-refractivity contribution is 0.0687. The average Bonchev–Trinajstić information content (AvgIpc) is 3.12. The predicted molar refractivity (Wildman–Crippen MR) is 95.3 cm³/mol. The van der Waals surface area contributed by atoms with Crippen molar-refractivity contribution in [2.24, 2.45) is 0 Å². The monoisotopic (exact) mass is 359 g/mol. The Balaban J connectivity index is 1.75. The van der Waals surface area contributed by atoms with Crippen LogP contribution in [-0.2, 0) is 0 Å². The summed E-state index contributed by atoms with van der Waals surface area (Å²) in [7, 11) is 0. The second kappa shape index (κ2) is 7.31. The van der Waals surface area contributed by atoms with E-state index in [0.29, 0.717) is 19.0 Å². The first-order chi connectivity index (χ1) is 12.0. The lowest BCUT2D eigenvalue weighted by Crippen LogP contribution is -2.39. The molecular formula is C18H21N3O3S. The second-order valence-corrected chi connectivity index (χ2v) is 7.46. The van der Waals surface area contributed by atoms with E-state index in [-0.39, 0.29) is 23.2 Å². The number of hydrogen-bond acceptors (Lipinski definition) is 5. The molecule has 0 aromatic carbocycles. The molecule has 1 aliphatic rings. The molecule has 1 saturated heterocycles. The molecule has 3 heterocycles. The van der Waals surface area contributed by atoms with Crippen molar-refractivity contribution >= 4 is 23.2 Å². The number of piperidine rings is 1. The first-order valence-corrected chi connectivity index (χ1v) is 9.28. The number of hydrogen-bond donors (Lipinski definition) is 1. The van der Waals surface area contributed by atoms with Gasteiger partial charge in [-0.1, -0.05) is 19.9 Å². The number of pyridine rings is 1. The van der Waals surface area contributed by atoms with Gasteiger partial charge in [0.15, 0.2) is 0 Å². The Morgan fingerprint density at radius 2 is 2.04 bits per heavy atom. The van der Waals surface area contributed by atoms with Crippen molar-refractivity contribution in [2.45, 2.75) is 38.5 Å². The number of carboxylic acid groups (broad SMARTS) is 1. The maximum absolute atomic E-state index is 12.7. The highest BCUT2D eigenvalue weighted by Gasteiger charge is 2.28. The van der Waals surface area contributed by atoms with E-state index in [1.165, 1.54) is 6.07 Å². The first-order valence-electron chi connectivity index (χ1n) is 8.40. The molecule has 2 aromatic rings. The Morgan fingerprint density at radius 3 is 2.72 bits per heavy atom. The minimum Gasteiger partial charge on any atom is -0.477 e. The van der Waals surface area contributed by atoms with Crippen molar-refractivity contribution in [1.29, 1.82) is 0 Å². The molecule has 1 fully saturated rings. The fourth-order valence-electron chi connectivity index (χ4n) is 2.95. The molecule has 2 aromatic heterocycles. The highest BCUT2D eigenvalue weighted by atomic mass is 32.1. The van der Waals surface area contributed by atoms with E-state index in [1.54, 1.807) is 28.4 Å². The van der Waals surface area contributed by atoms with Crippen LogP contribution in [0.1, 0.15) is 70.2 Å². The molecule has 132 valence electrons. The molecule has 0 radical (unpaired) electrons. The summed E-state index contributed by atoms with van der Waals surface area (Å²) in [5, 5.41) is 12.2. The predicted octanol–water partition coefficient (Wildman–Crippen LogP) is 3.38. The topological polar surface area (TPSA) is 83.4 Å². The summed E-state index contributed by atoms with van der Waals surface area (Å²) in [6.45, 7) is 5.51. The zero-order valence-electron chi connectivity index (χ0n) is 14.3. The van der Waals surface area contributed by atoms with Gasteiger partial charge in [-0.2, -0.15) is 0 Å². The Morgan fingerprint density at radius 1 is 1.28 bits per heavy atom. The van der Waals surface area contributed by atoms with Gasteiger partial charge in [0.1, 0.15) is 11.4 Å². The van der Waals surface area contributed by atoms with E-state index >= 15 is 0 Å². The highest BCUT2D eigenvalue weighted by Crippen LogP contribution is 2.31. The molecule has 6 nitrogen and oxygen atoms in total. The van der Waals surface area contributed by atoms with E-state index in [2.05, 4.69) is 24.2 Å². The number of likely N-dealkylation sites (tertiary alicyclic amines) is 1. The van der Waals surface area contributed by atoms with E-state index in [0.717, 1.165) is 23.5 Å². The summed E-state index contributed by atoms with van der Waals surface area (Å²) in [6, 6.07) is 4.51. The van der Waals surface area contributed by atoms with Gasteiger partial charge < -0.3 is 10.0 Å². The standard InChI is InChI=1S/C18H21N3O3S/c1-11(2)15-10-25-16(20-15)12-5-4-8-21(9-12)17(22)13-6-3-7-14(19-13)18(23)24/h3,6-7,10-12H,4-5,8-9H2,1-2H3,(H,23,24). The van der Waals surface area contributed by atoms with Gasteiger partial charge in [-0.15, -0.1) is 11.3 Å². The van der Waals surface area contributed by atoms with Crippen LogP contribution in [0.3, 0.4) is 0 Å². The van der Waals surface area contributed by atoms with Crippen molar-refractivity contribution in [1.82, 2.24) is 14.9 Å². The van der Waals surface area contributed by atoms with Crippen LogP contribution in [0.2, 0.25) is 0 Å². The van der Waals surface area contributed by atoms with Crippen LogP contribution in [0, 0.1) is 0 Å². The Bertz CT molecular complexity index is 787. The van der Waals surface area contributed by atoms with Crippen molar-refractivity contribution in [3.63, 3.8) is 0 Å². The minimum atomic E-state index is -1.13. The summed E-state index contributed by atoms with van der Waals surface area (Å²) in [5.74, 6) is -0.712. The van der Waals surface area contributed by atoms with Gasteiger partial charge in [0.05, 0.1) is 10.7 Å². The zero-order chi connectivity index (χ0) is 18.0. The van der Waals surface area contributed by atoms with Crippen LogP contribution in [-0.4, -0.2) is 44.9 Å². The van der Waals surface area contributed by atoms with Gasteiger partial charge in [0.2, 0.25) is 0 Å². The molecular weight excluding hydrogens is 338 g/mol. The van der Waals surface area contributed by atoms with Gasteiger partial charge in [-0.3, -0.25) is 4.79 Å². The van der Waals surface area contributed by atoms with Gasteiger partial charge >= 0.3 is 5.97 Å². The number of carboxylic acids is 1. The normalized spacial score (nSPS) is 17.7. The number of nitrogens with zero attached hydrogens (tertiary/aromatic N) is 3. The zero-order valence-corrected chi connectivity index (χ0v) is 15.1. The third-order valence-electron chi connectivity index (χ3n) is 4.38. The Kier molecular flexibility index (Phi) is 5.13. The number of thiazole rings is 1. The minimum absolute atomic E-state index is 0.110. The summed E-state index contributed by atoms with van der Waals surface area (Å²) in [4.78, 5) is 34.2. The lowest BCUT2D eigenvalue weighted by atomic mass is 9.98. The fraction of sp³-hybridized carbons (Fsp3) is 0.444. The number of rotatable bonds is 4. The number of carbonyl (C=O) groups is 2. The molecule has 25 heavy (non-hydrogen) atoms. The van der Waals surface area contributed by atoms with Crippen LogP contribution < -0.4 is 0 Å². The summed E-state index contributed by atoms with van der Waals surface area (Å²) in [5.41, 5.74) is 1.17. The summed E-state index contributed by atoms with van der Waals surface area (Å²) in [6.07, 6.45) is 1.92. The van der Waals surface area contributed by atoms with Crippen LogP contribution >= 0.6 is 11.3 Å². The molecule has 0 saturated carbocycles. The number of carbonyl (C=O) groups excluding carboxylic acids is 1. The van der Waals surface area contributed by atoms with Gasteiger partial charge in [-0.05, 0) is 30.9 Å². The quantitative estimate of drug-likeness (QED) is 0.905. The van der Waals surface area contributed by atoms with Crippen molar-refractivity contribution in [3.8, 4) is 0 Å². The first kappa shape index (κ1) is 17.5. The van der Waals surface area contributed by atoms with Crippen molar-refractivity contribution in [2.75, 3.05) is 13.1 Å². The average molecular weight is 359 g/mol. The molecule has 0 aliphatic carbocycles. The third-order valence-corrected chi connectivity index (χ3v) is 5.40. The smallest absolute Gasteiger partial charge is 0.354 e. The number of aromatic nitrogens is 2. The molecule has 0 bridgehead atoms. The lowest BCUT2D eigenvalue weighted by Gasteiger charge is -2.31. The van der Waals surface area contributed by atoms with E-state index in [4.69, 9.17) is 10.1 Å². The molecule has 7 heteroatoms. The van der Waals surface area contributed by atoms with Crippen LogP contribution in [0.5, 0.6) is 0 Å². The molecule has 0 spiro atoms. The summed E-state index contributed by atoms with van der Waals surface area (Å²) < 4.78 is 0. The Labute approximate surface area is 150 Å². The third kappa shape index (κ3) is 3.87. The van der Waals surface area contributed by atoms with E-state index in [9.17, 15) is 9.59 Å². The Hall–Kier alpha value is -2.28. The second-order valence-electron chi connectivity index (χ2n) is 6.57. The maximum atomic E-state index is 12.7. The largest absolute Gasteiger partial charge is 0.477 e. The molecule has 1 atom stereocenters.